The Hall–Kier alpha value is -2.07. The molecule has 0 aliphatic rings. The van der Waals surface area contributed by atoms with Gasteiger partial charge in [-0.3, -0.25) is 9.36 Å². The first-order valence-electron chi connectivity index (χ1n) is 6.64. The second-order valence-electron chi connectivity index (χ2n) is 4.77. The van der Waals surface area contributed by atoms with E-state index in [1.54, 1.807) is 15.9 Å². The van der Waals surface area contributed by atoms with Crippen LogP contribution in [0.15, 0.2) is 46.6 Å². The van der Waals surface area contributed by atoms with E-state index in [1.165, 1.54) is 10.4 Å². The summed E-state index contributed by atoms with van der Waals surface area (Å²) < 4.78 is 1.66. The van der Waals surface area contributed by atoms with E-state index in [4.69, 9.17) is 5.73 Å². The van der Waals surface area contributed by atoms with Crippen molar-refractivity contribution in [1.29, 1.82) is 0 Å². The largest absolute Gasteiger partial charge is 0.385 e. The Morgan fingerprint density at radius 2 is 2.05 bits per heavy atom. The molecule has 1 aromatic carbocycles. The fraction of sp³-hybridized carbons (Fsp3) is 0.188. The highest BCUT2D eigenvalue weighted by molar-refractivity contribution is 7.10. The van der Waals surface area contributed by atoms with Crippen LogP contribution in [0, 0.1) is 0 Å². The first-order chi connectivity index (χ1) is 9.70. The number of anilines is 1. The summed E-state index contributed by atoms with van der Waals surface area (Å²) in [4.78, 5) is 13.8. The van der Waals surface area contributed by atoms with E-state index in [2.05, 4.69) is 18.4 Å². The highest BCUT2D eigenvalue weighted by Gasteiger charge is 2.10. The second kappa shape index (κ2) is 5.13. The molecule has 4 heteroatoms. The Kier molecular flexibility index (Phi) is 3.32. The van der Waals surface area contributed by atoms with Crippen molar-refractivity contribution in [3.8, 4) is 0 Å². The number of nitrogens with zero attached hydrogens (tertiary/aromatic N) is 1. The van der Waals surface area contributed by atoms with Crippen molar-refractivity contribution in [3.05, 3.63) is 62.6 Å². The molecule has 3 aromatic rings. The third kappa shape index (κ3) is 2.12. The minimum absolute atomic E-state index is 0.0175. The Balaban J connectivity index is 2.14. The van der Waals surface area contributed by atoms with Gasteiger partial charge in [0, 0.05) is 10.3 Å². The van der Waals surface area contributed by atoms with Crippen LogP contribution in [0.3, 0.4) is 0 Å². The fourth-order valence-electron chi connectivity index (χ4n) is 2.44. The van der Waals surface area contributed by atoms with Gasteiger partial charge in [0.1, 0.15) is 5.82 Å². The molecule has 2 aromatic heterocycles. The topological polar surface area (TPSA) is 48.0 Å². The number of fused-ring (bicyclic) bond motifs is 1. The molecule has 0 atom stereocenters. The number of benzene rings is 1. The van der Waals surface area contributed by atoms with Gasteiger partial charge >= 0.3 is 0 Å². The summed E-state index contributed by atoms with van der Waals surface area (Å²) in [6.45, 7) is 2.68. The molecule has 0 fully saturated rings. The standard InChI is InChI=1S/C16H16N2OS/c1-2-11-7-8-20-14(11)10-18-15(17)9-12-5-3-4-6-13(12)16(18)19/h3-9H,2,10,17H2,1H3. The van der Waals surface area contributed by atoms with Gasteiger partial charge in [-0.2, -0.15) is 0 Å². The predicted octanol–water partition coefficient (Wildman–Crippen LogP) is 3.26. The lowest BCUT2D eigenvalue weighted by Crippen LogP contribution is -2.23. The van der Waals surface area contributed by atoms with E-state index in [1.807, 2.05) is 30.3 Å². The SMILES string of the molecule is CCc1ccsc1Cn1c(N)cc2ccccc2c1=O. The smallest absolute Gasteiger partial charge is 0.260 e. The van der Waals surface area contributed by atoms with E-state index in [9.17, 15) is 4.79 Å². The van der Waals surface area contributed by atoms with Crippen LogP contribution in [0.25, 0.3) is 10.8 Å². The van der Waals surface area contributed by atoms with Gasteiger partial charge in [0.25, 0.3) is 5.56 Å². The van der Waals surface area contributed by atoms with Crippen LogP contribution < -0.4 is 11.3 Å². The molecule has 0 spiro atoms. The van der Waals surface area contributed by atoms with E-state index in [0.717, 1.165) is 17.2 Å². The molecule has 2 heterocycles. The van der Waals surface area contributed by atoms with Crippen LogP contribution in [-0.4, -0.2) is 4.57 Å². The molecule has 0 saturated heterocycles. The number of aromatic nitrogens is 1. The summed E-state index contributed by atoms with van der Waals surface area (Å²) in [5.41, 5.74) is 7.33. The van der Waals surface area contributed by atoms with Crippen LogP contribution >= 0.6 is 11.3 Å². The van der Waals surface area contributed by atoms with Crippen molar-refractivity contribution < 1.29 is 0 Å². The Morgan fingerprint density at radius 3 is 2.85 bits per heavy atom. The molecule has 0 aliphatic heterocycles. The molecule has 0 bridgehead atoms. The maximum absolute atomic E-state index is 12.6. The molecule has 2 N–H and O–H groups in total. The number of hydrogen-bond donors (Lipinski definition) is 1. The number of nitrogens with two attached hydrogens (primary N) is 1. The maximum atomic E-state index is 12.6. The number of thiophene rings is 1. The number of hydrogen-bond acceptors (Lipinski definition) is 3. The molecule has 3 rings (SSSR count). The molecule has 0 amide bonds. The van der Waals surface area contributed by atoms with Crippen molar-refractivity contribution in [2.45, 2.75) is 19.9 Å². The lowest BCUT2D eigenvalue weighted by Gasteiger charge is -2.11. The Morgan fingerprint density at radius 1 is 1.25 bits per heavy atom. The van der Waals surface area contributed by atoms with Gasteiger partial charge in [0.15, 0.2) is 0 Å². The summed E-state index contributed by atoms with van der Waals surface area (Å²) in [6.07, 6.45) is 0.973. The molecule has 3 nitrogen and oxygen atoms in total. The average Bonchev–Trinajstić information content (AvgIpc) is 2.90. The van der Waals surface area contributed by atoms with Crippen molar-refractivity contribution >= 4 is 27.9 Å². The zero-order valence-corrected chi connectivity index (χ0v) is 12.1. The summed E-state index contributed by atoms with van der Waals surface area (Å²) in [7, 11) is 0. The van der Waals surface area contributed by atoms with E-state index >= 15 is 0 Å². The number of aryl methyl sites for hydroxylation is 1. The highest BCUT2D eigenvalue weighted by Crippen LogP contribution is 2.20. The Labute approximate surface area is 121 Å². The fourth-order valence-corrected chi connectivity index (χ4v) is 3.41. The van der Waals surface area contributed by atoms with Crippen molar-refractivity contribution in [1.82, 2.24) is 4.57 Å². The molecule has 0 saturated carbocycles. The summed E-state index contributed by atoms with van der Waals surface area (Å²) in [5, 5.41) is 3.68. The summed E-state index contributed by atoms with van der Waals surface area (Å²) in [6, 6.07) is 11.5. The molecular formula is C16H16N2OS. The maximum Gasteiger partial charge on any atom is 0.260 e. The van der Waals surface area contributed by atoms with E-state index in [0.29, 0.717) is 12.4 Å². The summed E-state index contributed by atoms with van der Waals surface area (Å²) in [5.74, 6) is 0.518. The van der Waals surface area contributed by atoms with Gasteiger partial charge in [0.2, 0.25) is 0 Å². The Bertz CT molecular complexity index is 817. The monoisotopic (exact) mass is 284 g/mol. The minimum Gasteiger partial charge on any atom is -0.385 e. The number of nitrogen functional groups attached to an aromatic ring is 1. The number of rotatable bonds is 3. The minimum atomic E-state index is -0.0175. The summed E-state index contributed by atoms with van der Waals surface area (Å²) >= 11 is 1.68. The third-order valence-corrected chi connectivity index (χ3v) is 4.52. The van der Waals surface area contributed by atoms with Crippen molar-refractivity contribution in [2.24, 2.45) is 0 Å². The van der Waals surface area contributed by atoms with Crippen LogP contribution in [0.5, 0.6) is 0 Å². The van der Waals surface area contributed by atoms with Gasteiger partial charge in [-0.1, -0.05) is 25.1 Å². The lowest BCUT2D eigenvalue weighted by atomic mass is 10.1. The van der Waals surface area contributed by atoms with Gasteiger partial charge in [-0.25, -0.2) is 0 Å². The molecule has 0 unspecified atom stereocenters. The van der Waals surface area contributed by atoms with Crippen molar-refractivity contribution in [3.63, 3.8) is 0 Å². The van der Waals surface area contributed by atoms with Gasteiger partial charge in [-0.05, 0) is 40.9 Å². The first kappa shape index (κ1) is 12.9. The lowest BCUT2D eigenvalue weighted by molar-refractivity contribution is 0.784. The van der Waals surface area contributed by atoms with E-state index < -0.39 is 0 Å². The van der Waals surface area contributed by atoms with Crippen molar-refractivity contribution in [2.75, 3.05) is 5.73 Å². The average molecular weight is 284 g/mol. The first-order valence-corrected chi connectivity index (χ1v) is 7.52. The second-order valence-corrected chi connectivity index (χ2v) is 5.77. The zero-order valence-electron chi connectivity index (χ0n) is 11.3. The van der Waals surface area contributed by atoms with Gasteiger partial charge in [-0.15, -0.1) is 11.3 Å². The van der Waals surface area contributed by atoms with Crippen LogP contribution in [0.4, 0.5) is 5.82 Å². The molecule has 0 radical (unpaired) electrons. The van der Waals surface area contributed by atoms with Gasteiger partial charge in [0.05, 0.1) is 6.54 Å². The predicted molar refractivity (Wildman–Crippen MR) is 85.4 cm³/mol. The van der Waals surface area contributed by atoms with Crippen LogP contribution in [0.1, 0.15) is 17.4 Å². The quantitative estimate of drug-likeness (QED) is 0.802. The third-order valence-electron chi connectivity index (χ3n) is 3.57. The van der Waals surface area contributed by atoms with Crippen LogP contribution in [-0.2, 0) is 13.0 Å². The zero-order chi connectivity index (χ0) is 14.1. The normalized spacial score (nSPS) is 11.1. The van der Waals surface area contributed by atoms with Crippen LogP contribution in [0.2, 0.25) is 0 Å². The molecule has 102 valence electrons. The molecular weight excluding hydrogens is 268 g/mol. The molecule has 0 aliphatic carbocycles. The highest BCUT2D eigenvalue weighted by atomic mass is 32.1. The number of pyridine rings is 1. The van der Waals surface area contributed by atoms with E-state index in [-0.39, 0.29) is 5.56 Å². The molecule has 20 heavy (non-hydrogen) atoms. The van der Waals surface area contributed by atoms with Gasteiger partial charge < -0.3 is 5.73 Å².